The highest BCUT2D eigenvalue weighted by atomic mass is 35.5. The molecule has 0 radical (unpaired) electrons. The monoisotopic (exact) mass is 377 g/mol. The van der Waals surface area contributed by atoms with Crippen LogP contribution in [0.2, 0.25) is 0 Å². The quantitative estimate of drug-likeness (QED) is 0.859. The Balaban J connectivity index is 0.00000243. The van der Waals surface area contributed by atoms with Crippen molar-refractivity contribution in [3.8, 4) is 5.69 Å². The molecule has 2 aromatic rings. The summed E-state index contributed by atoms with van der Waals surface area (Å²) in [5.41, 5.74) is 2.17. The van der Waals surface area contributed by atoms with E-state index in [1.165, 1.54) is 5.56 Å². The Bertz CT molecular complexity index is 758. The van der Waals surface area contributed by atoms with E-state index in [4.69, 9.17) is 0 Å². The zero-order valence-corrected chi connectivity index (χ0v) is 16.6. The molecule has 0 bridgehead atoms. The lowest BCUT2D eigenvalue weighted by Gasteiger charge is -2.30. The van der Waals surface area contributed by atoms with Crippen molar-refractivity contribution in [2.45, 2.75) is 58.5 Å². The fourth-order valence-corrected chi connectivity index (χ4v) is 3.36. The third kappa shape index (κ3) is 4.24. The third-order valence-electron chi connectivity index (χ3n) is 4.84. The van der Waals surface area contributed by atoms with Crippen molar-refractivity contribution < 1.29 is 4.79 Å². The summed E-state index contributed by atoms with van der Waals surface area (Å²) >= 11 is 0. The standard InChI is InChI=1S/C19H27N5O.ClH/c1-12(2)15-8-5-6-10-17(15)24-14(4)21-18(23-24)19(25)22-16-9-7-11-20-13(16)3;/h5-6,8,10,12-13,16,20H,7,9,11H2,1-4H3,(H,22,25);1H. The van der Waals surface area contributed by atoms with Gasteiger partial charge in [-0.2, -0.15) is 0 Å². The first-order valence-electron chi connectivity index (χ1n) is 9.04. The number of benzene rings is 1. The number of halogens is 1. The molecule has 1 aliphatic heterocycles. The Labute approximate surface area is 161 Å². The highest BCUT2D eigenvalue weighted by Gasteiger charge is 2.25. The molecule has 0 aliphatic carbocycles. The predicted octanol–water partition coefficient (Wildman–Crippen LogP) is 2.99. The molecule has 1 aromatic carbocycles. The molecule has 1 aromatic heterocycles. The van der Waals surface area contributed by atoms with Crippen molar-refractivity contribution in [2.24, 2.45) is 0 Å². The van der Waals surface area contributed by atoms with Crippen LogP contribution in [0, 0.1) is 6.92 Å². The smallest absolute Gasteiger partial charge is 0.291 e. The maximum atomic E-state index is 12.6. The first kappa shape index (κ1) is 20.4. The van der Waals surface area contributed by atoms with Crippen LogP contribution >= 0.6 is 12.4 Å². The molecule has 6 nitrogen and oxygen atoms in total. The summed E-state index contributed by atoms with van der Waals surface area (Å²) in [6.45, 7) is 9.28. The zero-order chi connectivity index (χ0) is 18.0. The lowest BCUT2D eigenvalue weighted by atomic mass is 10.00. The molecule has 1 amide bonds. The van der Waals surface area contributed by atoms with Gasteiger partial charge in [-0.25, -0.2) is 9.67 Å². The molecule has 2 unspecified atom stereocenters. The fraction of sp³-hybridized carbons (Fsp3) is 0.526. The van der Waals surface area contributed by atoms with Crippen molar-refractivity contribution in [1.82, 2.24) is 25.4 Å². The number of nitrogens with one attached hydrogen (secondary N) is 2. The van der Waals surface area contributed by atoms with E-state index in [1.807, 2.05) is 25.1 Å². The van der Waals surface area contributed by atoms with Gasteiger partial charge in [0.15, 0.2) is 0 Å². The molecule has 0 saturated carbocycles. The fourth-order valence-electron chi connectivity index (χ4n) is 3.36. The number of aromatic nitrogens is 3. The molecule has 7 heteroatoms. The minimum absolute atomic E-state index is 0. The van der Waals surface area contributed by atoms with Crippen molar-refractivity contribution in [3.05, 3.63) is 41.5 Å². The molecule has 1 saturated heterocycles. The van der Waals surface area contributed by atoms with Crippen LogP contribution in [0.1, 0.15) is 61.5 Å². The second kappa shape index (κ2) is 8.64. The van der Waals surface area contributed by atoms with E-state index in [1.54, 1.807) is 4.68 Å². The number of rotatable bonds is 4. The molecule has 2 N–H and O–H groups in total. The van der Waals surface area contributed by atoms with E-state index in [0.29, 0.717) is 11.7 Å². The highest BCUT2D eigenvalue weighted by Crippen LogP contribution is 2.23. The molecular weight excluding hydrogens is 350 g/mol. The third-order valence-corrected chi connectivity index (χ3v) is 4.84. The molecule has 1 aliphatic rings. The number of nitrogens with zero attached hydrogens (tertiary/aromatic N) is 3. The second-order valence-corrected chi connectivity index (χ2v) is 7.07. The molecule has 26 heavy (non-hydrogen) atoms. The van der Waals surface area contributed by atoms with Crippen molar-refractivity contribution >= 4 is 18.3 Å². The van der Waals surface area contributed by atoms with E-state index >= 15 is 0 Å². The van der Waals surface area contributed by atoms with Crippen molar-refractivity contribution in [3.63, 3.8) is 0 Å². The summed E-state index contributed by atoms with van der Waals surface area (Å²) < 4.78 is 1.77. The van der Waals surface area contributed by atoms with Crippen molar-refractivity contribution in [2.75, 3.05) is 6.54 Å². The lowest BCUT2D eigenvalue weighted by molar-refractivity contribution is 0.0909. The summed E-state index contributed by atoms with van der Waals surface area (Å²) in [5.74, 6) is 1.11. The van der Waals surface area contributed by atoms with Crippen molar-refractivity contribution in [1.29, 1.82) is 0 Å². The SMILES string of the molecule is Cc1nc(C(=O)NC2CCCNC2C)nn1-c1ccccc1C(C)C.Cl. The zero-order valence-electron chi connectivity index (χ0n) is 15.8. The molecule has 3 rings (SSSR count). The van der Waals surface area contributed by atoms with E-state index in [0.717, 1.165) is 25.1 Å². The molecule has 142 valence electrons. The Morgan fingerprint density at radius 3 is 2.77 bits per heavy atom. The molecule has 2 heterocycles. The van der Waals surface area contributed by atoms with Crippen LogP contribution in [-0.4, -0.2) is 39.3 Å². The van der Waals surface area contributed by atoms with Crippen LogP contribution in [0.15, 0.2) is 24.3 Å². The van der Waals surface area contributed by atoms with Gasteiger partial charge in [-0.1, -0.05) is 32.0 Å². The van der Waals surface area contributed by atoms with Gasteiger partial charge in [0.1, 0.15) is 5.82 Å². The van der Waals surface area contributed by atoms with Gasteiger partial charge < -0.3 is 10.6 Å². The van der Waals surface area contributed by atoms with Gasteiger partial charge in [-0.15, -0.1) is 17.5 Å². The largest absolute Gasteiger partial charge is 0.345 e. The van der Waals surface area contributed by atoms with E-state index < -0.39 is 0 Å². The first-order chi connectivity index (χ1) is 12.0. The van der Waals surface area contributed by atoms with Gasteiger partial charge in [0, 0.05) is 12.1 Å². The van der Waals surface area contributed by atoms with E-state index in [9.17, 15) is 4.79 Å². The molecule has 0 spiro atoms. The lowest BCUT2D eigenvalue weighted by Crippen LogP contribution is -2.52. The van der Waals surface area contributed by atoms with E-state index in [2.05, 4.69) is 47.6 Å². The van der Waals surface area contributed by atoms with Crippen LogP contribution < -0.4 is 10.6 Å². The average molecular weight is 378 g/mol. The summed E-state index contributed by atoms with van der Waals surface area (Å²) in [5, 5.41) is 11.0. The van der Waals surface area contributed by atoms with Gasteiger partial charge in [-0.3, -0.25) is 4.79 Å². The van der Waals surface area contributed by atoms with Crippen LogP contribution in [0.4, 0.5) is 0 Å². The molecule has 2 atom stereocenters. The maximum absolute atomic E-state index is 12.6. The minimum Gasteiger partial charge on any atom is -0.345 e. The highest BCUT2D eigenvalue weighted by molar-refractivity contribution is 5.90. The Morgan fingerprint density at radius 2 is 2.08 bits per heavy atom. The Hall–Kier alpha value is -1.92. The number of hydrogen-bond acceptors (Lipinski definition) is 4. The number of hydrogen-bond donors (Lipinski definition) is 2. The average Bonchev–Trinajstić information content (AvgIpc) is 2.98. The minimum atomic E-state index is -0.204. The summed E-state index contributed by atoms with van der Waals surface area (Å²) in [6.07, 6.45) is 2.05. The second-order valence-electron chi connectivity index (χ2n) is 7.07. The topological polar surface area (TPSA) is 71.8 Å². The summed E-state index contributed by atoms with van der Waals surface area (Å²) in [6, 6.07) is 8.51. The summed E-state index contributed by atoms with van der Waals surface area (Å²) in [4.78, 5) is 17.0. The van der Waals surface area contributed by atoms with Crippen LogP contribution in [0.5, 0.6) is 0 Å². The van der Waals surface area contributed by atoms with Gasteiger partial charge in [-0.05, 0) is 50.8 Å². The summed E-state index contributed by atoms with van der Waals surface area (Å²) in [7, 11) is 0. The normalized spacial score (nSPS) is 19.9. The van der Waals surface area contributed by atoms with Crippen LogP contribution in [0.25, 0.3) is 5.69 Å². The number of para-hydroxylation sites is 1. The van der Waals surface area contributed by atoms with Gasteiger partial charge in [0.2, 0.25) is 5.82 Å². The Morgan fingerprint density at radius 1 is 1.35 bits per heavy atom. The number of amides is 1. The molecular formula is C19H28ClN5O. The first-order valence-corrected chi connectivity index (χ1v) is 9.04. The number of aryl methyl sites for hydroxylation is 1. The van der Waals surface area contributed by atoms with Gasteiger partial charge in [0.05, 0.1) is 5.69 Å². The van der Waals surface area contributed by atoms with Gasteiger partial charge >= 0.3 is 0 Å². The Kier molecular flexibility index (Phi) is 6.78. The van der Waals surface area contributed by atoms with Crippen LogP contribution in [0.3, 0.4) is 0 Å². The van der Waals surface area contributed by atoms with Crippen LogP contribution in [-0.2, 0) is 0 Å². The van der Waals surface area contributed by atoms with E-state index in [-0.39, 0.29) is 36.2 Å². The maximum Gasteiger partial charge on any atom is 0.291 e. The number of piperidine rings is 1. The molecule has 1 fully saturated rings. The number of carbonyl (C=O) groups excluding carboxylic acids is 1. The number of carbonyl (C=O) groups is 1. The van der Waals surface area contributed by atoms with Gasteiger partial charge in [0.25, 0.3) is 5.91 Å². The predicted molar refractivity (Wildman–Crippen MR) is 105 cm³/mol.